The summed E-state index contributed by atoms with van der Waals surface area (Å²) in [7, 11) is -2.94. The maximum absolute atomic E-state index is 11.6. The van der Waals surface area contributed by atoms with Gasteiger partial charge in [0.1, 0.15) is 0 Å². The average molecular weight is 232 g/mol. The van der Waals surface area contributed by atoms with Crippen LogP contribution in [-0.2, 0) is 14.6 Å². The maximum Gasteiger partial charge on any atom is 0.238 e. The van der Waals surface area contributed by atoms with Gasteiger partial charge in [0, 0.05) is 6.04 Å². The summed E-state index contributed by atoms with van der Waals surface area (Å²) in [4.78, 5) is 13.3. The first-order chi connectivity index (χ1) is 6.99. The van der Waals surface area contributed by atoms with E-state index in [1.165, 1.54) is 0 Å². The molecule has 2 unspecified atom stereocenters. The van der Waals surface area contributed by atoms with Crippen LogP contribution >= 0.6 is 0 Å². The summed E-state index contributed by atoms with van der Waals surface area (Å²) in [6.07, 6.45) is 1.44. The zero-order valence-electron chi connectivity index (χ0n) is 8.77. The van der Waals surface area contributed by atoms with Crippen molar-refractivity contribution in [2.75, 3.05) is 18.1 Å². The second-order valence-electron chi connectivity index (χ2n) is 4.27. The maximum atomic E-state index is 11.6. The molecule has 2 aliphatic heterocycles. The van der Waals surface area contributed by atoms with Crippen molar-refractivity contribution >= 4 is 15.7 Å². The summed E-state index contributed by atoms with van der Waals surface area (Å²) < 4.78 is 22.9. The zero-order valence-corrected chi connectivity index (χ0v) is 9.59. The number of carbonyl (C=O) groups excluding carboxylic acids is 1. The van der Waals surface area contributed by atoms with Gasteiger partial charge in [-0.1, -0.05) is 0 Å². The number of carbonyl (C=O) groups is 1. The molecule has 15 heavy (non-hydrogen) atoms. The zero-order chi connectivity index (χ0) is 11.1. The fourth-order valence-corrected chi connectivity index (χ4v) is 4.07. The molecule has 0 spiro atoms. The summed E-state index contributed by atoms with van der Waals surface area (Å²) in [5, 5.41) is 3.03. The molecule has 0 radical (unpaired) electrons. The van der Waals surface area contributed by atoms with Crippen molar-refractivity contribution in [3.05, 3.63) is 0 Å². The molecule has 1 amide bonds. The first kappa shape index (κ1) is 10.9. The minimum absolute atomic E-state index is 0.0181. The smallest absolute Gasteiger partial charge is 0.238 e. The molecule has 5 nitrogen and oxygen atoms in total. The average Bonchev–Trinajstić information content (AvgIpc) is 2.44. The molecule has 2 rings (SSSR count). The quantitative estimate of drug-likeness (QED) is 0.652. The van der Waals surface area contributed by atoms with E-state index in [9.17, 15) is 13.2 Å². The fraction of sp³-hybridized carbons (Fsp3) is 0.889. The van der Waals surface area contributed by atoms with E-state index < -0.39 is 9.84 Å². The lowest BCUT2D eigenvalue weighted by atomic mass is 10.1. The van der Waals surface area contributed by atoms with Crippen LogP contribution in [0, 0.1) is 0 Å². The Balaban J connectivity index is 2.13. The normalized spacial score (nSPS) is 35.8. The van der Waals surface area contributed by atoms with Crippen LogP contribution in [0.3, 0.4) is 0 Å². The minimum Gasteiger partial charge on any atom is -0.322 e. The van der Waals surface area contributed by atoms with Gasteiger partial charge >= 0.3 is 0 Å². The molecule has 1 N–H and O–H groups in total. The van der Waals surface area contributed by atoms with Gasteiger partial charge in [0.15, 0.2) is 9.84 Å². The molecule has 2 heterocycles. The number of nitrogens with zero attached hydrogens (tertiary/aromatic N) is 1. The third-order valence-electron chi connectivity index (χ3n) is 3.09. The number of amides is 1. The van der Waals surface area contributed by atoms with E-state index in [4.69, 9.17) is 0 Å². The van der Waals surface area contributed by atoms with E-state index in [1.807, 2.05) is 6.92 Å². The highest BCUT2D eigenvalue weighted by Gasteiger charge is 2.37. The monoisotopic (exact) mass is 232 g/mol. The Hall–Kier alpha value is -0.620. The van der Waals surface area contributed by atoms with Crippen molar-refractivity contribution in [3.8, 4) is 0 Å². The molecule has 0 aliphatic carbocycles. The molecular weight excluding hydrogens is 216 g/mol. The van der Waals surface area contributed by atoms with Crippen molar-refractivity contribution in [3.63, 3.8) is 0 Å². The standard InChI is InChI=1S/C9H16N2O3S/c1-7-10-5-9(12)11(7)8-3-2-4-15(13,14)6-8/h7-8,10H,2-6H2,1H3. The van der Waals surface area contributed by atoms with E-state index in [2.05, 4.69) is 5.32 Å². The molecule has 2 fully saturated rings. The van der Waals surface area contributed by atoms with Crippen LogP contribution in [0.25, 0.3) is 0 Å². The Morgan fingerprint density at radius 1 is 1.47 bits per heavy atom. The minimum atomic E-state index is -2.94. The van der Waals surface area contributed by atoms with Crippen LogP contribution in [0.4, 0.5) is 0 Å². The lowest BCUT2D eigenvalue weighted by Gasteiger charge is -2.33. The fourth-order valence-electron chi connectivity index (χ4n) is 2.38. The SMILES string of the molecule is CC1NCC(=O)N1C1CCCS(=O)(=O)C1. The van der Waals surface area contributed by atoms with E-state index >= 15 is 0 Å². The van der Waals surface area contributed by atoms with E-state index in [-0.39, 0.29) is 29.6 Å². The van der Waals surface area contributed by atoms with Crippen LogP contribution in [0.2, 0.25) is 0 Å². The van der Waals surface area contributed by atoms with Crippen molar-refractivity contribution in [2.45, 2.75) is 32.0 Å². The number of hydrogen-bond donors (Lipinski definition) is 1. The molecule has 0 aromatic carbocycles. The van der Waals surface area contributed by atoms with Gasteiger partial charge in [0.2, 0.25) is 5.91 Å². The van der Waals surface area contributed by atoms with Crippen molar-refractivity contribution < 1.29 is 13.2 Å². The van der Waals surface area contributed by atoms with Gasteiger partial charge in [-0.15, -0.1) is 0 Å². The molecule has 2 saturated heterocycles. The molecule has 0 bridgehead atoms. The summed E-state index contributed by atoms with van der Waals surface area (Å²) in [5.41, 5.74) is 0. The first-order valence-electron chi connectivity index (χ1n) is 5.24. The lowest BCUT2D eigenvalue weighted by molar-refractivity contribution is -0.129. The van der Waals surface area contributed by atoms with Gasteiger partial charge in [0.25, 0.3) is 0 Å². The summed E-state index contributed by atoms with van der Waals surface area (Å²) >= 11 is 0. The second-order valence-corrected chi connectivity index (χ2v) is 6.50. The molecule has 2 atom stereocenters. The molecule has 0 aromatic heterocycles. The van der Waals surface area contributed by atoms with Gasteiger partial charge in [-0.3, -0.25) is 10.1 Å². The number of rotatable bonds is 1. The number of hydrogen-bond acceptors (Lipinski definition) is 4. The molecule has 86 valence electrons. The molecule has 2 aliphatic rings. The van der Waals surface area contributed by atoms with Crippen LogP contribution in [0.15, 0.2) is 0 Å². The van der Waals surface area contributed by atoms with Crippen molar-refractivity contribution in [1.29, 1.82) is 0 Å². The van der Waals surface area contributed by atoms with Gasteiger partial charge < -0.3 is 4.90 Å². The largest absolute Gasteiger partial charge is 0.322 e. The Morgan fingerprint density at radius 3 is 2.73 bits per heavy atom. The third-order valence-corrected chi connectivity index (χ3v) is 4.89. The highest BCUT2D eigenvalue weighted by Crippen LogP contribution is 2.21. The number of sulfone groups is 1. The van der Waals surface area contributed by atoms with Gasteiger partial charge in [-0.05, 0) is 19.8 Å². The topological polar surface area (TPSA) is 66.5 Å². The van der Waals surface area contributed by atoms with E-state index in [0.717, 1.165) is 6.42 Å². The Morgan fingerprint density at radius 2 is 2.20 bits per heavy atom. The van der Waals surface area contributed by atoms with Crippen LogP contribution in [0.1, 0.15) is 19.8 Å². The van der Waals surface area contributed by atoms with Gasteiger partial charge in [-0.25, -0.2) is 8.42 Å². The number of nitrogens with one attached hydrogen (secondary N) is 1. The molecule has 6 heteroatoms. The second kappa shape index (κ2) is 3.75. The third kappa shape index (κ3) is 2.15. The van der Waals surface area contributed by atoms with Gasteiger partial charge in [-0.2, -0.15) is 0 Å². The Bertz CT molecular complexity index is 366. The van der Waals surface area contributed by atoms with Crippen LogP contribution in [0.5, 0.6) is 0 Å². The van der Waals surface area contributed by atoms with Crippen LogP contribution < -0.4 is 5.32 Å². The highest BCUT2D eigenvalue weighted by molar-refractivity contribution is 7.91. The Kier molecular flexibility index (Phi) is 2.72. The lowest BCUT2D eigenvalue weighted by Crippen LogP contribution is -2.48. The highest BCUT2D eigenvalue weighted by atomic mass is 32.2. The first-order valence-corrected chi connectivity index (χ1v) is 7.07. The summed E-state index contributed by atoms with van der Waals surface area (Å²) in [6, 6.07) is -0.124. The molecular formula is C9H16N2O3S. The molecule has 0 saturated carbocycles. The predicted molar refractivity (Wildman–Crippen MR) is 56.0 cm³/mol. The molecule has 0 aromatic rings. The van der Waals surface area contributed by atoms with Crippen molar-refractivity contribution in [1.82, 2.24) is 10.2 Å². The Labute approximate surface area is 89.7 Å². The van der Waals surface area contributed by atoms with Crippen LogP contribution in [-0.4, -0.2) is 49.5 Å². The predicted octanol–water partition coefficient (Wildman–Crippen LogP) is -0.659. The summed E-state index contributed by atoms with van der Waals surface area (Å²) in [5.74, 6) is 0.419. The van der Waals surface area contributed by atoms with Gasteiger partial charge in [0.05, 0.1) is 24.2 Å². The van der Waals surface area contributed by atoms with Crippen molar-refractivity contribution in [2.24, 2.45) is 0 Å². The van der Waals surface area contributed by atoms with E-state index in [1.54, 1.807) is 4.90 Å². The van der Waals surface area contributed by atoms with E-state index in [0.29, 0.717) is 13.0 Å². The summed E-state index contributed by atoms with van der Waals surface area (Å²) in [6.45, 7) is 2.23.